The first-order chi connectivity index (χ1) is 20.3. The molecule has 6 N–H and O–H groups in total. The van der Waals surface area contributed by atoms with Gasteiger partial charge >= 0.3 is 0 Å². The van der Waals surface area contributed by atoms with Crippen LogP contribution in [0, 0.1) is 0 Å². The molecule has 1 amide bonds. The summed E-state index contributed by atoms with van der Waals surface area (Å²) in [6, 6.07) is -0.825. The normalized spacial score (nSPS) is 24.6. The van der Waals surface area contributed by atoms with Crippen molar-refractivity contribution < 1.29 is 39.8 Å². The third-order valence-corrected chi connectivity index (χ3v) is 7.48. The molecule has 244 valence electrons. The Bertz CT molecular complexity index is 756. The fraction of sp³-hybridized carbons (Fsp3) is 0.788. The summed E-state index contributed by atoms with van der Waals surface area (Å²) in [6.45, 7) is 2.78. The molecule has 0 bridgehead atoms. The van der Waals surface area contributed by atoms with Crippen LogP contribution in [-0.2, 0) is 14.3 Å². The number of nitrogens with one attached hydrogen (secondary N) is 1. The molecule has 0 radical (unpaired) electrons. The lowest BCUT2D eigenvalue weighted by Crippen LogP contribution is -2.60. The van der Waals surface area contributed by atoms with E-state index in [1.54, 1.807) is 6.08 Å². The van der Waals surface area contributed by atoms with Crippen LogP contribution in [-0.4, -0.2) is 87.5 Å². The molecule has 42 heavy (non-hydrogen) atoms. The smallest absolute Gasteiger partial charge is 0.217 e. The number of ether oxygens (including phenoxy) is 2. The molecule has 7 atom stereocenters. The van der Waals surface area contributed by atoms with Crippen molar-refractivity contribution in [3.63, 3.8) is 0 Å². The third kappa shape index (κ3) is 17.5. The maximum atomic E-state index is 11.6. The molecule has 1 aliphatic rings. The van der Waals surface area contributed by atoms with Crippen molar-refractivity contribution in [3.8, 4) is 0 Å². The number of aliphatic hydroxyl groups excluding tert-OH is 5. The lowest BCUT2D eigenvalue weighted by atomic mass is 9.99. The number of carbonyl (C=O) groups excluding carboxylic acids is 1. The van der Waals surface area contributed by atoms with Gasteiger partial charge in [-0.3, -0.25) is 4.79 Å². The fourth-order valence-corrected chi connectivity index (χ4v) is 4.87. The summed E-state index contributed by atoms with van der Waals surface area (Å²) in [6.07, 6.45) is 22.6. The lowest BCUT2D eigenvalue weighted by Gasteiger charge is -2.40. The van der Waals surface area contributed by atoms with E-state index < -0.39 is 49.5 Å². The van der Waals surface area contributed by atoms with Crippen LogP contribution < -0.4 is 5.32 Å². The largest absolute Gasteiger partial charge is 0.394 e. The molecule has 1 fully saturated rings. The van der Waals surface area contributed by atoms with Crippen LogP contribution in [0.25, 0.3) is 0 Å². The van der Waals surface area contributed by atoms with Crippen molar-refractivity contribution in [3.05, 3.63) is 36.5 Å². The van der Waals surface area contributed by atoms with Gasteiger partial charge in [0.05, 0.1) is 25.4 Å². The Morgan fingerprint density at radius 3 is 1.86 bits per heavy atom. The number of unbranched alkanes of at least 4 members (excludes halogenated alkanes) is 12. The molecular formula is C33H59NO8. The van der Waals surface area contributed by atoms with Crippen molar-refractivity contribution in [2.24, 2.45) is 0 Å². The topological polar surface area (TPSA) is 149 Å². The number of allylic oxidation sites excluding steroid dienone is 5. The Labute approximate surface area is 253 Å². The SMILES string of the molecule is CCCCCCCCCCCC/C=C/CC/C=C/CC/C=C/C(O)C(COC1OC(CO)C(O)C(O)C1O)NC(C)=O. The van der Waals surface area contributed by atoms with Crippen LogP contribution in [0.1, 0.15) is 110 Å². The van der Waals surface area contributed by atoms with Crippen LogP contribution in [0.2, 0.25) is 0 Å². The van der Waals surface area contributed by atoms with Gasteiger partial charge in [-0.25, -0.2) is 0 Å². The van der Waals surface area contributed by atoms with Crippen LogP contribution in [0.3, 0.4) is 0 Å². The highest BCUT2D eigenvalue weighted by molar-refractivity contribution is 5.73. The van der Waals surface area contributed by atoms with Gasteiger partial charge in [0, 0.05) is 6.92 Å². The number of rotatable bonds is 24. The minimum Gasteiger partial charge on any atom is -0.394 e. The second-order valence-electron chi connectivity index (χ2n) is 11.3. The second kappa shape index (κ2) is 24.8. The maximum absolute atomic E-state index is 11.6. The van der Waals surface area contributed by atoms with Gasteiger partial charge in [0.25, 0.3) is 0 Å². The quantitative estimate of drug-likeness (QED) is 0.0716. The Morgan fingerprint density at radius 2 is 1.31 bits per heavy atom. The first-order valence-corrected chi connectivity index (χ1v) is 16.2. The average molecular weight is 598 g/mol. The molecule has 9 heteroatoms. The minimum atomic E-state index is -1.57. The molecule has 0 aromatic carbocycles. The van der Waals surface area contributed by atoms with Gasteiger partial charge in [-0.1, -0.05) is 101 Å². The van der Waals surface area contributed by atoms with Crippen LogP contribution in [0.5, 0.6) is 0 Å². The molecule has 0 saturated carbocycles. The summed E-state index contributed by atoms with van der Waals surface area (Å²) in [4.78, 5) is 11.6. The molecule has 1 aliphatic heterocycles. The number of hydrogen-bond acceptors (Lipinski definition) is 8. The highest BCUT2D eigenvalue weighted by atomic mass is 16.7. The summed E-state index contributed by atoms with van der Waals surface area (Å²) in [5, 5.41) is 52.4. The third-order valence-electron chi connectivity index (χ3n) is 7.48. The Kier molecular flexibility index (Phi) is 22.7. The lowest BCUT2D eigenvalue weighted by molar-refractivity contribution is -0.302. The van der Waals surface area contributed by atoms with Crippen LogP contribution >= 0.6 is 0 Å². The van der Waals surface area contributed by atoms with Gasteiger partial charge in [0.1, 0.15) is 24.4 Å². The first-order valence-electron chi connectivity index (χ1n) is 16.2. The highest BCUT2D eigenvalue weighted by Crippen LogP contribution is 2.22. The van der Waals surface area contributed by atoms with E-state index in [0.717, 1.165) is 25.7 Å². The predicted octanol–water partition coefficient (Wildman–Crippen LogP) is 4.21. The average Bonchev–Trinajstić information content (AvgIpc) is 2.97. The van der Waals surface area contributed by atoms with Gasteiger partial charge in [-0.15, -0.1) is 0 Å². The van der Waals surface area contributed by atoms with Crippen molar-refractivity contribution in [2.75, 3.05) is 13.2 Å². The summed E-state index contributed by atoms with van der Waals surface area (Å²) >= 11 is 0. The van der Waals surface area contributed by atoms with Crippen molar-refractivity contribution >= 4 is 5.91 Å². The zero-order valence-corrected chi connectivity index (χ0v) is 26.0. The van der Waals surface area contributed by atoms with E-state index in [4.69, 9.17) is 9.47 Å². The van der Waals surface area contributed by atoms with E-state index >= 15 is 0 Å². The van der Waals surface area contributed by atoms with E-state index in [1.807, 2.05) is 6.08 Å². The molecule has 7 unspecified atom stereocenters. The molecule has 0 aliphatic carbocycles. The Balaban J connectivity index is 2.19. The molecular weight excluding hydrogens is 538 g/mol. The Morgan fingerprint density at radius 1 is 0.786 bits per heavy atom. The monoisotopic (exact) mass is 597 g/mol. The van der Waals surface area contributed by atoms with Crippen LogP contribution in [0.15, 0.2) is 36.5 Å². The number of carbonyl (C=O) groups is 1. The molecule has 0 aromatic rings. The number of amides is 1. The molecule has 1 saturated heterocycles. The standard InChI is InChI=1S/C33H59NO8/c1-3-4-5-6-7-8-9-10-11-12-13-14-15-16-17-18-19-20-21-22-23-28(37)27(34-26(2)36)25-41-33-32(40)31(39)30(38)29(24-35)42-33/h14-15,18-19,22-23,27-33,35,37-40H,3-13,16-17,20-21,24-25H2,1-2H3,(H,34,36)/b15-14+,19-18+,23-22+. The summed E-state index contributed by atoms with van der Waals surface area (Å²) in [7, 11) is 0. The molecule has 0 spiro atoms. The van der Waals surface area contributed by atoms with E-state index in [9.17, 15) is 30.3 Å². The van der Waals surface area contributed by atoms with Crippen molar-refractivity contribution in [1.82, 2.24) is 5.32 Å². The molecule has 0 aromatic heterocycles. The van der Waals surface area contributed by atoms with Gasteiger partial charge in [0.15, 0.2) is 6.29 Å². The van der Waals surface area contributed by atoms with E-state index in [-0.39, 0.29) is 12.5 Å². The number of hydrogen-bond donors (Lipinski definition) is 6. The van der Waals surface area contributed by atoms with E-state index in [1.165, 1.54) is 77.6 Å². The van der Waals surface area contributed by atoms with E-state index in [0.29, 0.717) is 0 Å². The molecule has 9 nitrogen and oxygen atoms in total. The fourth-order valence-electron chi connectivity index (χ4n) is 4.87. The van der Waals surface area contributed by atoms with Gasteiger partial charge in [-0.05, 0) is 38.5 Å². The van der Waals surface area contributed by atoms with Crippen molar-refractivity contribution in [2.45, 2.75) is 153 Å². The zero-order valence-electron chi connectivity index (χ0n) is 26.0. The maximum Gasteiger partial charge on any atom is 0.217 e. The van der Waals surface area contributed by atoms with Gasteiger partial charge < -0.3 is 40.3 Å². The zero-order chi connectivity index (χ0) is 31.0. The van der Waals surface area contributed by atoms with E-state index in [2.05, 4.69) is 36.5 Å². The highest BCUT2D eigenvalue weighted by Gasteiger charge is 2.44. The molecule has 1 rings (SSSR count). The Hall–Kier alpha value is -1.59. The summed E-state index contributed by atoms with van der Waals surface area (Å²) < 4.78 is 10.8. The van der Waals surface area contributed by atoms with Crippen LogP contribution in [0.4, 0.5) is 0 Å². The van der Waals surface area contributed by atoms with Gasteiger partial charge in [0.2, 0.25) is 5.91 Å². The summed E-state index contributed by atoms with van der Waals surface area (Å²) in [5.74, 6) is -0.370. The molecule has 1 heterocycles. The summed E-state index contributed by atoms with van der Waals surface area (Å²) in [5.41, 5.74) is 0. The van der Waals surface area contributed by atoms with Gasteiger partial charge in [-0.2, -0.15) is 0 Å². The minimum absolute atomic E-state index is 0.222. The second-order valence-corrected chi connectivity index (χ2v) is 11.3. The van der Waals surface area contributed by atoms with Crippen molar-refractivity contribution in [1.29, 1.82) is 0 Å². The first kappa shape index (κ1) is 38.4. The number of aliphatic hydroxyl groups is 5. The predicted molar refractivity (Wildman–Crippen MR) is 166 cm³/mol.